The number of imidazole rings is 1. The molecule has 1 heterocycles. The second-order valence-corrected chi connectivity index (χ2v) is 3.87. The van der Waals surface area contributed by atoms with E-state index in [-0.39, 0.29) is 6.04 Å². The van der Waals surface area contributed by atoms with Gasteiger partial charge in [-0.1, -0.05) is 23.7 Å². The minimum atomic E-state index is -0.252. The van der Waals surface area contributed by atoms with Gasteiger partial charge in [-0.2, -0.15) is 0 Å². The van der Waals surface area contributed by atoms with Crippen LogP contribution in [0.1, 0.15) is 23.0 Å². The van der Waals surface area contributed by atoms with Crippen molar-refractivity contribution in [3.8, 4) is 0 Å². The van der Waals surface area contributed by atoms with Crippen LogP contribution in [-0.4, -0.2) is 9.97 Å². The molecule has 78 valence electrons. The highest BCUT2D eigenvalue weighted by Crippen LogP contribution is 2.22. The number of hydrogen-bond donors (Lipinski definition) is 2. The summed E-state index contributed by atoms with van der Waals surface area (Å²) in [5, 5.41) is 0.731. The van der Waals surface area contributed by atoms with E-state index in [1.165, 1.54) is 0 Å². The van der Waals surface area contributed by atoms with E-state index in [1.54, 1.807) is 12.4 Å². The Morgan fingerprint density at radius 1 is 1.47 bits per heavy atom. The number of nitrogens with one attached hydrogen (secondary N) is 1. The van der Waals surface area contributed by atoms with Crippen molar-refractivity contribution in [1.29, 1.82) is 0 Å². The number of rotatable bonds is 2. The Kier molecular flexibility index (Phi) is 2.75. The van der Waals surface area contributed by atoms with Gasteiger partial charge in [0.2, 0.25) is 0 Å². The van der Waals surface area contributed by atoms with Gasteiger partial charge in [-0.3, -0.25) is 0 Å². The predicted octanol–water partition coefficient (Wildman–Crippen LogP) is 2.42. The smallest absolute Gasteiger partial charge is 0.127 e. The summed E-state index contributed by atoms with van der Waals surface area (Å²) in [6.07, 6.45) is 3.44. The molecule has 0 aliphatic rings. The number of benzene rings is 1. The Bertz CT molecular complexity index is 451. The summed E-state index contributed by atoms with van der Waals surface area (Å²) in [7, 11) is 0. The van der Waals surface area contributed by atoms with E-state index in [0.29, 0.717) is 0 Å². The van der Waals surface area contributed by atoms with Gasteiger partial charge in [0.15, 0.2) is 0 Å². The van der Waals surface area contributed by atoms with Crippen molar-refractivity contribution in [1.82, 2.24) is 9.97 Å². The van der Waals surface area contributed by atoms with Crippen molar-refractivity contribution in [2.45, 2.75) is 13.0 Å². The summed E-state index contributed by atoms with van der Waals surface area (Å²) in [5.74, 6) is 0.745. The van der Waals surface area contributed by atoms with Gasteiger partial charge in [0.25, 0.3) is 0 Å². The third-order valence-corrected chi connectivity index (χ3v) is 2.78. The molecule has 2 aromatic rings. The quantitative estimate of drug-likeness (QED) is 0.819. The first-order valence-corrected chi connectivity index (χ1v) is 5.07. The Hall–Kier alpha value is -1.32. The molecular formula is C11H12ClN3. The summed E-state index contributed by atoms with van der Waals surface area (Å²) in [6, 6.07) is 5.55. The highest BCUT2D eigenvalue weighted by molar-refractivity contribution is 6.31. The number of hydrogen-bond acceptors (Lipinski definition) is 2. The minimum absolute atomic E-state index is 0.252. The lowest BCUT2D eigenvalue weighted by atomic mass is 10.1. The molecule has 1 aromatic carbocycles. The fraction of sp³-hybridized carbons (Fsp3) is 0.182. The molecule has 0 spiro atoms. The fourth-order valence-corrected chi connectivity index (χ4v) is 1.60. The van der Waals surface area contributed by atoms with Crippen molar-refractivity contribution < 1.29 is 0 Å². The molecule has 1 atom stereocenters. The zero-order chi connectivity index (χ0) is 10.8. The number of nitrogens with two attached hydrogens (primary N) is 1. The molecular weight excluding hydrogens is 210 g/mol. The molecule has 3 nitrogen and oxygen atoms in total. The lowest BCUT2D eigenvalue weighted by Crippen LogP contribution is -2.13. The lowest BCUT2D eigenvalue weighted by molar-refractivity contribution is 0.800. The van der Waals surface area contributed by atoms with Crippen molar-refractivity contribution in [3.05, 3.63) is 52.6 Å². The SMILES string of the molecule is Cc1ccc(C(N)c2ncc[nH]2)cc1Cl. The molecule has 4 heteroatoms. The molecule has 0 saturated heterocycles. The first-order valence-electron chi connectivity index (χ1n) is 4.69. The zero-order valence-electron chi connectivity index (χ0n) is 8.37. The Balaban J connectivity index is 2.34. The average Bonchev–Trinajstić information content (AvgIpc) is 2.74. The zero-order valence-corrected chi connectivity index (χ0v) is 9.12. The predicted molar refractivity (Wildman–Crippen MR) is 60.8 cm³/mol. The number of aromatic nitrogens is 2. The summed E-state index contributed by atoms with van der Waals surface area (Å²) < 4.78 is 0. The molecule has 0 radical (unpaired) electrons. The Morgan fingerprint density at radius 2 is 2.27 bits per heavy atom. The highest BCUT2D eigenvalue weighted by atomic mass is 35.5. The van der Waals surface area contributed by atoms with E-state index in [4.69, 9.17) is 17.3 Å². The molecule has 15 heavy (non-hydrogen) atoms. The van der Waals surface area contributed by atoms with Gasteiger partial charge in [-0.25, -0.2) is 4.98 Å². The van der Waals surface area contributed by atoms with Gasteiger partial charge in [0, 0.05) is 17.4 Å². The van der Waals surface area contributed by atoms with Crippen LogP contribution in [0.5, 0.6) is 0 Å². The molecule has 3 N–H and O–H groups in total. The van der Waals surface area contributed by atoms with Crippen molar-refractivity contribution in [3.63, 3.8) is 0 Å². The molecule has 0 aliphatic heterocycles. The van der Waals surface area contributed by atoms with E-state index in [0.717, 1.165) is 22.0 Å². The molecule has 1 aromatic heterocycles. The van der Waals surface area contributed by atoms with Gasteiger partial charge in [-0.05, 0) is 24.1 Å². The van der Waals surface area contributed by atoms with Crippen LogP contribution in [0.15, 0.2) is 30.6 Å². The van der Waals surface area contributed by atoms with Gasteiger partial charge in [0.05, 0.1) is 6.04 Å². The van der Waals surface area contributed by atoms with E-state index in [2.05, 4.69) is 9.97 Å². The normalized spacial score (nSPS) is 12.7. The standard InChI is InChI=1S/C11H12ClN3/c1-7-2-3-8(6-9(7)12)10(13)11-14-4-5-15-11/h2-6,10H,13H2,1H3,(H,14,15). The molecule has 0 fully saturated rings. The minimum Gasteiger partial charge on any atom is -0.347 e. The second kappa shape index (κ2) is 4.04. The number of halogens is 1. The van der Waals surface area contributed by atoms with Crippen LogP contribution in [0, 0.1) is 6.92 Å². The van der Waals surface area contributed by atoms with Crippen molar-refractivity contribution in [2.24, 2.45) is 5.73 Å². The highest BCUT2D eigenvalue weighted by Gasteiger charge is 2.11. The molecule has 2 rings (SSSR count). The number of aryl methyl sites for hydroxylation is 1. The summed E-state index contributed by atoms with van der Waals surface area (Å²) in [6.45, 7) is 1.96. The van der Waals surface area contributed by atoms with Crippen LogP contribution in [0.25, 0.3) is 0 Å². The van der Waals surface area contributed by atoms with E-state index in [9.17, 15) is 0 Å². The monoisotopic (exact) mass is 221 g/mol. The van der Waals surface area contributed by atoms with Crippen LogP contribution in [0.4, 0.5) is 0 Å². The van der Waals surface area contributed by atoms with E-state index >= 15 is 0 Å². The maximum atomic E-state index is 6.03. The van der Waals surface area contributed by atoms with Gasteiger partial charge in [-0.15, -0.1) is 0 Å². The third-order valence-electron chi connectivity index (χ3n) is 2.37. The lowest BCUT2D eigenvalue weighted by Gasteiger charge is -2.10. The maximum Gasteiger partial charge on any atom is 0.127 e. The topological polar surface area (TPSA) is 54.7 Å². The summed E-state index contributed by atoms with van der Waals surface area (Å²) >= 11 is 6.03. The first-order chi connectivity index (χ1) is 7.18. The number of nitrogens with zero attached hydrogens (tertiary/aromatic N) is 1. The first kappa shape index (κ1) is 10.2. The van der Waals surface area contributed by atoms with E-state index < -0.39 is 0 Å². The summed E-state index contributed by atoms with van der Waals surface area (Å²) in [4.78, 5) is 7.11. The van der Waals surface area contributed by atoms with Gasteiger partial charge in [0.1, 0.15) is 5.82 Å². The summed E-state index contributed by atoms with van der Waals surface area (Å²) in [5.41, 5.74) is 8.03. The van der Waals surface area contributed by atoms with Crippen LogP contribution in [-0.2, 0) is 0 Å². The van der Waals surface area contributed by atoms with Crippen LogP contribution >= 0.6 is 11.6 Å². The van der Waals surface area contributed by atoms with Crippen LogP contribution in [0.3, 0.4) is 0 Å². The second-order valence-electron chi connectivity index (χ2n) is 3.46. The molecule has 0 bridgehead atoms. The van der Waals surface area contributed by atoms with Gasteiger partial charge >= 0.3 is 0 Å². The Labute approximate surface area is 93.3 Å². The molecule has 1 unspecified atom stereocenters. The van der Waals surface area contributed by atoms with E-state index in [1.807, 2.05) is 25.1 Å². The van der Waals surface area contributed by atoms with Gasteiger partial charge < -0.3 is 10.7 Å². The third kappa shape index (κ3) is 2.03. The Morgan fingerprint density at radius 3 is 2.87 bits per heavy atom. The number of H-pyrrole nitrogens is 1. The number of aromatic amines is 1. The fourth-order valence-electron chi connectivity index (χ4n) is 1.41. The van der Waals surface area contributed by atoms with Crippen LogP contribution < -0.4 is 5.73 Å². The van der Waals surface area contributed by atoms with Crippen molar-refractivity contribution >= 4 is 11.6 Å². The maximum absolute atomic E-state index is 6.03. The molecule has 0 amide bonds. The molecule has 0 aliphatic carbocycles. The molecule has 0 saturated carbocycles. The largest absolute Gasteiger partial charge is 0.347 e. The average molecular weight is 222 g/mol. The van der Waals surface area contributed by atoms with Crippen molar-refractivity contribution in [2.75, 3.05) is 0 Å². The van der Waals surface area contributed by atoms with Crippen LogP contribution in [0.2, 0.25) is 5.02 Å².